The van der Waals surface area contributed by atoms with Gasteiger partial charge in [0.25, 0.3) is 0 Å². The highest BCUT2D eigenvalue weighted by atomic mass is 15.3. The van der Waals surface area contributed by atoms with Crippen molar-refractivity contribution in [2.24, 2.45) is 4.99 Å². The number of nitrogens with zero attached hydrogens (tertiary/aromatic N) is 6. The Kier molecular flexibility index (Phi) is 2.10. The van der Waals surface area contributed by atoms with Crippen LogP contribution in [0.2, 0.25) is 0 Å². The van der Waals surface area contributed by atoms with E-state index in [0.717, 1.165) is 0 Å². The summed E-state index contributed by atoms with van der Waals surface area (Å²) in [5.41, 5.74) is 0.693. The lowest BCUT2D eigenvalue weighted by Crippen LogP contribution is -2.07. The standard InChI is InChI=1S/C8H10N6/c1-13(2)6-11-8-4-9-3-7-10-5-12-14(7)8/h3-6H,1-2H3/b11-6+. The minimum atomic E-state index is 0.661. The van der Waals surface area contributed by atoms with E-state index in [1.807, 2.05) is 19.0 Å². The van der Waals surface area contributed by atoms with Gasteiger partial charge in [0, 0.05) is 14.1 Å². The average molecular weight is 190 g/mol. The lowest BCUT2D eigenvalue weighted by atomic mass is 10.6. The van der Waals surface area contributed by atoms with Crippen molar-refractivity contribution in [3.8, 4) is 0 Å². The molecule has 0 aromatic carbocycles. The van der Waals surface area contributed by atoms with Crippen molar-refractivity contribution in [2.75, 3.05) is 14.1 Å². The Labute approximate surface area is 80.9 Å². The molecular weight excluding hydrogens is 180 g/mol. The van der Waals surface area contributed by atoms with Crippen molar-refractivity contribution in [1.29, 1.82) is 0 Å². The molecule has 2 heterocycles. The topological polar surface area (TPSA) is 58.7 Å². The highest BCUT2D eigenvalue weighted by Gasteiger charge is 1.99. The fourth-order valence-corrected chi connectivity index (χ4v) is 1.00. The van der Waals surface area contributed by atoms with E-state index in [2.05, 4.69) is 20.1 Å². The fourth-order valence-electron chi connectivity index (χ4n) is 1.00. The number of hydrogen-bond acceptors (Lipinski definition) is 4. The van der Waals surface area contributed by atoms with Crippen LogP contribution in [0.15, 0.2) is 23.7 Å². The Morgan fingerprint density at radius 3 is 3.07 bits per heavy atom. The number of aromatic nitrogens is 4. The first-order chi connectivity index (χ1) is 6.77. The van der Waals surface area contributed by atoms with E-state index in [9.17, 15) is 0 Å². The Morgan fingerprint density at radius 2 is 2.29 bits per heavy atom. The maximum atomic E-state index is 4.20. The van der Waals surface area contributed by atoms with Crippen LogP contribution in [0.4, 0.5) is 5.82 Å². The third-order valence-corrected chi connectivity index (χ3v) is 1.59. The summed E-state index contributed by atoms with van der Waals surface area (Å²) in [6.45, 7) is 0. The summed E-state index contributed by atoms with van der Waals surface area (Å²) < 4.78 is 1.63. The molecule has 0 fully saturated rings. The van der Waals surface area contributed by atoms with Crippen LogP contribution < -0.4 is 0 Å². The van der Waals surface area contributed by atoms with E-state index in [1.54, 1.807) is 23.2 Å². The smallest absolute Gasteiger partial charge is 0.175 e. The number of fused-ring (bicyclic) bond motifs is 1. The Morgan fingerprint density at radius 1 is 1.43 bits per heavy atom. The van der Waals surface area contributed by atoms with Crippen LogP contribution in [-0.2, 0) is 0 Å². The van der Waals surface area contributed by atoms with Crippen molar-refractivity contribution in [3.63, 3.8) is 0 Å². The van der Waals surface area contributed by atoms with E-state index < -0.39 is 0 Å². The lowest BCUT2D eigenvalue weighted by molar-refractivity contribution is 0.642. The van der Waals surface area contributed by atoms with Crippen LogP contribution in [0.3, 0.4) is 0 Å². The van der Waals surface area contributed by atoms with Gasteiger partial charge in [0.15, 0.2) is 11.5 Å². The van der Waals surface area contributed by atoms with Gasteiger partial charge in [0.2, 0.25) is 0 Å². The predicted molar refractivity (Wildman–Crippen MR) is 52.6 cm³/mol. The molecule has 0 amide bonds. The number of aliphatic imine (C=N–C) groups is 1. The summed E-state index contributed by atoms with van der Waals surface area (Å²) in [4.78, 5) is 14.1. The molecule has 0 bridgehead atoms. The number of rotatable bonds is 2. The van der Waals surface area contributed by atoms with Crippen molar-refractivity contribution in [2.45, 2.75) is 0 Å². The molecule has 0 saturated carbocycles. The van der Waals surface area contributed by atoms with Gasteiger partial charge in [-0.1, -0.05) is 0 Å². The molecule has 0 aliphatic rings. The molecule has 0 radical (unpaired) electrons. The first-order valence-corrected chi connectivity index (χ1v) is 4.12. The maximum Gasteiger partial charge on any atom is 0.175 e. The molecule has 0 spiro atoms. The van der Waals surface area contributed by atoms with E-state index in [-0.39, 0.29) is 0 Å². The van der Waals surface area contributed by atoms with Gasteiger partial charge in [-0.05, 0) is 0 Å². The van der Waals surface area contributed by atoms with E-state index in [0.29, 0.717) is 11.5 Å². The average Bonchev–Trinajstić information content (AvgIpc) is 2.62. The van der Waals surface area contributed by atoms with Crippen LogP contribution >= 0.6 is 0 Å². The molecular formula is C8H10N6. The van der Waals surface area contributed by atoms with Crippen molar-refractivity contribution < 1.29 is 0 Å². The van der Waals surface area contributed by atoms with Gasteiger partial charge in [-0.15, -0.1) is 0 Å². The Hall–Kier alpha value is -1.98. The minimum Gasteiger partial charge on any atom is -0.369 e. The normalized spacial score (nSPS) is 11.3. The van der Waals surface area contributed by atoms with Crippen LogP contribution in [0.5, 0.6) is 0 Å². The summed E-state index contributed by atoms with van der Waals surface area (Å²) in [5.74, 6) is 0.661. The van der Waals surface area contributed by atoms with Crippen molar-refractivity contribution >= 4 is 17.8 Å². The second-order valence-electron chi connectivity index (χ2n) is 3.00. The molecule has 2 rings (SSSR count). The molecule has 0 saturated heterocycles. The summed E-state index contributed by atoms with van der Waals surface area (Å²) in [7, 11) is 3.80. The SMILES string of the molecule is CN(C)/C=N/c1cncc2ncnn12. The second kappa shape index (κ2) is 3.41. The zero-order chi connectivity index (χ0) is 9.97. The van der Waals surface area contributed by atoms with Gasteiger partial charge >= 0.3 is 0 Å². The summed E-state index contributed by atoms with van der Waals surface area (Å²) in [6.07, 6.45) is 6.45. The predicted octanol–water partition coefficient (Wildman–Crippen LogP) is 0.346. The highest BCUT2D eigenvalue weighted by Crippen LogP contribution is 2.09. The maximum absolute atomic E-state index is 4.20. The highest BCUT2D eigenvalue weighted by molar-refractivity contribution is 5.59. The summed E-state index contributed by atoms with van der Waals surface area (Å²) in [5, 5.41) is 4.03. The van der Waals surface area contributed by atoms with E-state index in [1.165, 1.54) is 6.33 Å². The molecule has 72 valence electrons. The quantitative estimate of drug-likeness (QED) is 0.506. The first-order valence-electron chi connectivity index (χ1n) is 4.12. The molecule has 0 atom stereocenters. The van der Waals surface area contributed by atoms with E-state index in [4.69, 9.17) is 0 Å². The molecule has 2 aromatic rings. The summed E-state index contributed by atoms with van der Waals surface area (Å²) >= 11 is 0. The first kappa shape index (κ1) is 8.61. The third kappa shape index (κ3) is 1.54. The molecule has 2 aromatic heterocycles. The zero-order valence-electron chi connectivity index (χ0n) is 7.99. The van der Waals surface area contributed by atoms with Crippen LogP contribution in [0.1, 0.15) is 0 Å². The monoisotopic (exact) mass is 190 g/mol. The molecule has 0 aliphatic heterocycles. The van der Waals surface area contributed by atoms with Gasteiger partial charge in [0.1, 0.15) is 6.33 Å². The van der Waals surface area contributed by atoms with Gasteiger partial charge in [-0.3, -0.25) is 4.98 Å². The fraction of sp³-hybridized carbons (Fsp3) is 0.250. The zero-order valence-corrected chi connectivity index (χ0v) is 7.99. The minimum absolute atomic E-state index is 0.661. The number of hydrogen-bond donors (Lipinski definition) is 0. The molecule has 14 heavy (non-hydrogen) atoms. The van der Waals surface area contributed by atoms with Gasteiger partial charge < -0.3 is 4.90 Å². The third-order valence-electron chi connectivity index (χ3n) is 1.59. The van der Waals surface area contributed by atoms with Crippen molar-refractivity contribution in [1.82, 2.24) is 24.5 Å². The van der Waals surface area contributed by atoms with E-state index >= 15 is 0 Å². The lowest BCUT2D eigenvalue weighted by Gasteiger charge is -2.02. The Balaban J connectivity index is 2.46. The van der Waals surface area contributed by atoms with Gasteiger partial charge in [-0.25, -0.2) is 9.98 Å². The molecule has 0 unspecified atom stereocenters. The Bertz CT molecular complexity index is 458. The van der Waals surface area contributed by atoms with Crippen molar-refractivity contribution in [3.05, 3.63) is 18.7 Å². The van der Waals surface area contributed by atoms with Gasteiger partial charge in [-0.2, -0.15) is 9.61 Å². The van der Waals surface area contributed by atoms with Crippen LogP contribution in [-0.4, -0.2) is 44.9 Å². The molecule has 0 aliphatic carbocycles. The largest absolute Gasteiger partial charge is 0.369 e. The van der Waals surface area contributed by atoms with Gasteiger partial charge in [0.05, 0.1) is 18.7 Å². The molecule has 6 heteroatoms. The van der Waals surface area contributed by atoms with Crippen LogP contribution in [0, 0.1) is 0 Å². The van der Waals surface area contributed by atoms with Crippen LogP contribution in [0.25, 0.3) is 5.65 Å². The molecule has 0 N–H and O–H groups in total. The second-order valence-corrected chi connectivity index (χ2v) is 3.00. The summed E-state index contributed by atoms with van der Waals surface area (Å²) in [6, 6.07) is 0. The molecule has 6 nitrogen and oxygen atoms in total.